The molecule has 0 bridgehead atoms. The highest BCUT2D eigenvalue weighted by Gasteiger charge is 2.06. The molecule has 0 radical (unpaired) electrons. The van der Waals surface area contributed by atoms with Gasteiger partial charge in [0.15, 0.2) is 0 Å². The molecular weight excluding hydrogens is 336 g/mol. The molecule has 0 amide bonds. The van der Waals surface area contributed by atoms with Gasteiger partial charge in [0.25, 0.3) is 0 Å². The van der Waals surface area contributed by atoms with Crippen molar-refractivity contribution in [2.45, 2.75) is 20.8 Å². The molecule has 0 fully saturated rings. The number of para-hydroxylation sites is 1. The molecule has 134 valence electrons. The Hall–Kier alpha value is -3.47. The molecule has 0 aliphatic heterocycles. The van der Waals surface area contributed by atoms with Gasteiger partial charge in [0.05, 0.1) is 5.36 Å². The molecule has 1 N–H and O–H groups in total. The molecule has 5 heteroatoms. The van der Waals surface area contributed by atoms with Crippen LogP contribution in [0.3, 0.4) is 0 Å². The zero-order valence-electron chi connectivity index (χ0n) is 15.5. The SMILES string of the molecule is Cc1ccc(-c2c/c(=N/Nc3nc(C)cc(C)n3)c3ccccc3o2)cc1. The normalized spacial score (nSPS) is 11.7. The summed E-state index contributed by atoms with van der Waals surface area (Å²) in [4.78, 5) is 8.76. The molecule has 5 nitrogen and oxygen atoms in total. The summed E-state index contributed by atoms with van der Waals surface area (Å²) in [6.45, 7) is 5.94. The van der Waals surface area contributed by atoms with E-state index in [1.54, 1.807) is 0 Å². The van der Waals surface area contributed by atoms with Crippen molar-refractivity contribution in [1.29, 1.82) is 0 Å². The minimum atomic E-state index is 0.481. The predicted octanol–water partition coefficient (Wildman–Crippen LogP) is 4.74. The number of benzene rings is 2. The van der Waals surface area contributed by atoms with Gasteiger partial charge in [-0.2, -0.15) is 5.10 Å². The van der Waals surface area contributed by atoms with Gasteiger partial charge in [0.1, 0.15) is 11.3 Å². The van der Waals surface area contributed by atoms with Crippen LogP contribution < -0.4 is 10.8 Å². The van der Waals surface area contributed by atoms with Crippen LogP contribution in [-0.2, 0) is 0 Å². The Bertz CT molecular complexity index is 1160. The number of aromatic nitrogens is 2. The molecule has 4 aromatic rings. The summed E-state index contributed by atoms with van der Waals surface area (Å²) >= 11 is 0. The van der Waals surface area contributed by atoms with Gasteiger partial charge in [0.2, 0.25) is 5.95 Å². The number of hydrogen-bond acceptors (Lipinski definition) is 5. The van der Waals surface area contributed by atoms with Crippen LogP contribution in [0.5, 0.6) is 0 Å². The van der Waals surface area contributed by atoms with E-state index in [1.165, 1.54) is 5.56 Å². The molecule has 0 saturated carbocycles. The molecule has 0 saturated heterocycles. The first-order valence-electron chi connectivity index (χ1n) is 8.80. The fraction of sp³-hybridized carbons (Fsp3) is 0.136. The summed E-state index contributed by atoms with van der Waals surface area (Å²) in [5.41, 5.74) is 7.76. The molecule has 0 atom stereocenters. The summed E-state index contributed by atoms with van der Waals surface area (Å²) in [5.74, 6) is 1.24. The van der Waals surface area contributed by atoms with Crippen LogP contribution in [0.25, 0.3) is 22.3 Å². The average molecular weight is 356 g/mol. The highest BCUT2D eigenvalue weighted by Crippen LogP contribution is 2.22. The summed E-state index contributed by atoms with van der Waals surface area (Å²) in [6.07, 6.45) is 0. The Morgan fingerprint density at radius 2 is 1.56 bits per heavy atom. The highest BCUT2D eigenvalue weighted by atomic mass is 16.3. The minimum Gasteiger partial charge on any atom is -0.456 e. The number of nitrogens with one attached hydrogen (secondary N) is 1. The second kappa shape index (κ2) is 7.03. The fourth-order valence-corrected chi connectivity index (χ4v) is 2.96. The van der Waals surface area contributed by atoms with Gasteiger partial charge in [-0.15, -0.1) is 0 Å². The van der Waals surface area contributed by atoms with Crippen LogP contribution in [0.2, 0.25) is 0 Å². The van der Waals surface area contributed by atoms with Crippen molar-refractivity contribution in [3.8, 4) is 11.3 Å². The van der Waals surface area contributed by atoms with Crippen molar-refractivity contribution >= 4 is 16.9 Å². The third-order valence-electron chi connectivity index (χ3n) is 4.25. The second-order valence-corrected chi connectivity index (χ2v) is 6.56. The number of fused-ring (bicyclic) bond motifs is 1. The lowest BCUT2D eigenvalue weighted by Crippen LogP contribution is -2.09. The molecule has 0 unspecified atom stereocenters. The van der Waals surface area contributed by atoms with Crippen molar-refractivity contribution in [2.24, 2.45) is 5.10 Å². The Kier molecular flexibility index (Phi) is 4.42. The maximum atomic E-state index is 6.10. The maximum absolute atomic E-state index is 6.10. The van der Waals surface area contributed by atoms with Gasteiger partial charge >= 0.3 is 0 Å². The van der Waals surface area contributed by atoms with Gasteiger partial charge in [-0.05, 0) is 39.0 Å². The van der Waals surface area contributed by atoms with E-state index in [-0.39, 0.29) is 0 Å². The molecular formula is C22H20N4O. The largest absolute Gasteiger partial charge is 0.456 e. The first-order chi connectivity index (χ1) is 13.1. The second-order valence-electron chi connectivity index (χ2n) is 6.56. The zero-order valence-corrected chi connectivity index (χ0v) is 15.5. The molecule has 2 aromatic carbocycles. The van der Waals surface area contributed by atoms with E-state index < -0.39 is 0 Å². The lowest BCUT2D eigenvalue weighted by molar-refractivity contribution is 0.618. The van der Waals surface area contributed by atoms with Crippen molar-refractivity contribution in [3.05, 3.63) is 83.0 Å². The van der Waals surface area contributed by atoms with Gasteiger partial charge in [-0.1, -0.05) is 42.0 Å². The van der Waals surface area contributed by atoms with Crippen LogP contribution in [0, 0.1) is 20.8 Å². The van der Waals surface area contributed by atoms with Crippen LogP contribution in [0.4, 0.5) is 5.95 Å². The van der Waals surface area contributed by atoms with E-state index in [1.807, 2.05) is 62.4 Å². The third-order valence-corrected chi connectivity index (χ3v) is 4.25. The van der Waals surface area contributed by atoms with Crippen LogP contribution >= 0.6 is 0 Å². The van der Waals surface area contributed by atoms with E-state index in [9.17, 15) is 0 Å². The van der Waals surface area contributed by atoms with E-state index >= 15 is 0 Å². The van der Waals surface area contributed by atoms with Crippen molar-refractivity contribution in [3.63, 3.8) is 0 Å². The quantitative estimate of drug-likeness (QED) is 0.538. The van der Waals surface area contributed by atoms with Gasteiger partial charge in [-0.3, -0.25) is 0 Å². The summed E-state index contributed by atoms with van der Waals surface area (Å²) in [7, 11) is 0. The average Bonchev–Trinajstić information content (AvgIpc) is 2.66. The van der Waals surface area contributed by atoms with Crippen LogP contribution in [-0.4, -0.2) is 9.97 Å². The van der Waals surface area contributed by atoms with Gasteiger partial charge in [0, 0.05) is 28.4 Å². The molecule has 2 aromatic heterocycles. The minimum absolute atomic E-state index is 0.481. The lowest BCUT2D eigenvalue weighted by atomic mass is 10.1. The number of nitrogens with zero attached hydrogens (tertiary/aromatic N) is 3. The van der Waals surface area contributed by atoms with E-state index in [2.05, 4.69) is 39.6 Å². The first kappa shape index (κ1) is 17.0. The third kappa shape index (κ3) is 3.72. The summed E-state index contributed by atoms with van der Waals surface area (Å²) < 4.78 is 6.10. The van der Waals surface area contributed by atoms with Gasteiger partial charge < -0.3 is 4.42 Å². The molecule has 4 rings (SSSR count). The Labute approximate surface area is 157 Å². The number of hydrogen-bond donors (Lipinski definition) is 1. The Morgan fingerprint density at radius 3 is 2.30 bits per heavy atom. The molecule has 0 spiro atoms. The van der Waals surface area contributed by atoms with E-state index in [0.29, 0.717) is 5.95 Å². The highest BCUT2D eigenvalue weighted by molar-refractivity contribution is 5.78. The number of aryl methyl sites for hydroxylation is 3. The summed E-state index contributed by atoms with van der Waals surface area (Å²) in [5, 5.41) is 6.25. The Morgan fingerprint density at radius 1 is 0.852 bits per heavy atom. The molecule has 27 heavy (non-hydrogen) atoms. The first-order valence-corrected chi connectivity index (χ1v) is 8.80. The standard InChI is InChI=1S/C22H20N4O/c1-14-8-10-17(11-9-14)21-13-19(18-6-4-5-7-20(18)27-21)25-26-22-23-15(2)12-16(3)24-22/h4-13H,1-3H3,(H,23,24,26)/b25-19-. The number of anilines is 1. The van der Waals surface area contributed by atoms with E-state index in [0.717, 1.165) is 39.0 Å². The van der Waals surface area contributed by atoms with Crippen molar-refractivity contribution < 1.29 is 4.42 Å². The summed E-state index contributed by atoms with van der Waals surface area (Å²) in [6, 6.07) is 19.9. The van der Waals surface area contributed by atoms with Crippen LogP contribution in [0.1, 0.15) is 17.0 Å². The van der Waals surface area contributed by atoms with Crippen molar-refractivity contribution in [2.75, 3.05) is 5.43 Å². The fourth-order valence-electron chi connectivity index (χ4n) is 2.96. The smallest absolute Gasteiger partial charge is 0.243 e. The maximum Gasteiger partial charge on any atom is 0.243 e. The zero-order chi connectivity index (χ0) is 18.8. The van der Waals surface area contributed by atoms with Crippen molar-refractivity contribution in [1.82, 2.24) is 9.97 Å². The molecule has 0 aliphatic rings. The lowest BCUT2D eigenvalue weighted by Gasteiger charge is -2.06. The number of rotatable bonds is 3. The monoisotopic (exact) mass is 356 g/mol. The molecule has 2 heterocycles. The topological polar surface area (TPSA) is 63.3 Å². The Balaban J connectivity index is 1.84. The van der Waals surface area contributed by atoms with Crippen LogP contribution in [0.15, 0.2) is 70.2 Å². The van der Waals surface area contributed by atoms with E-state index in [4.69, 9.17) is 4.42 Å². The molecule has 0 aliphatic carbocycles. The predicted molar refractivity (Wildman–Crippen MR) is 107 cm³/mol. The van der Waals surface area contributed by atoms with Gasteiger partial charge in [-0.25, -0.2) is 15.4 Å².